The molecule has 3 aromatic rings. The molecular weight excluding hydrogens is 634 g/mol. The molecule has 3 aromatic carbocycles. The average Bonchev–Trinajstić information content (AvgIpc) is 3.06. The van der Waals surface area contributed by atoms with Crippen LogP contribution < -0.4 is 21.1 Å². The second kappa shape index (κ2) is 17.7. The summed E-state index contributed by atoms with van der Waals surface area (Å²) in [5.74, 6) is 0.245. The molecule has 4 rings (SSSR count). The second-order valence-electron chi connectivity index (χ2n) is 11.7. The van der Waals surface area contributed by atoms with Crippen molar-refractivity contribution in [3.63, 3.8) is 0 Å². The van der Waals surface area contributed by atoms with Crippen molar-refractivity contribution in [1.29, 1.82) is 0 Å². The molecule has 1 aliphatic carbocycles. The molecule has 8 nitrogen and oxygen atoms in total. The second-order valence-corrected chi connectivity index (χ2v) is 12.6. The number of carbonyl (C=O) groups is 3. The largest absolute Gasteiger partial charge is 0.514 e. The van der Waals surface area contributed by atoms with Gasteiger partial charge in [0.25, 0.3) is 0 Å². The zero-order chi connectivity index (χ0) is 32.0. The van der Waals surface area contributed by atoms with E-state index in [1.165, 1.54) is 18.4 Å². The summed E-state index contributed by atoms with van der Waals surface area (Å²) in [6, 6.07) is 21.4. The molecule has 1 saturated carbocycles. The third-order valence-corrected chi connectivity index (χ3v) is 9.12. The van der Waals surface area contributed by atoms with E-state index in [2.05, 4.69) is 33.5 Å². The summed E-state index contributed by atoms with van der Waals surface area (Å²) in [5.41, 5.74) is 9.39. The molecule has 240 valence electrons. The topological polar surface area (TPSA) is 120 Å². The third-order valence-electron chi connectivity index (χ3n) is 8.34. The van der Waals surface area contributed by atoms with Crippen LogP contribution in [0.5, 0.6) is 5.75 Å². The molecule has 1 aliphatic rings. The van der Waals surface area contributed by atoms with Gasteiger partial charge in [-0.25, -0.2) is 4.79 Å². The molecule has 9 heteroatoms. The summed E-state index contributed by atoms with van der Waals surface area (Å²) in [6.45, 7) is 2.90. The molecule has 45 heavy (non-hydrogen) atoms. The number of unbranched alkanes of at least 4 members (excludes halogenated alkanes) is 2. The third kappa shape index (κ3) is 11.0. The van der Waals surface area contributed by atoms with Crippen LogP contribution in [-0.4, -0.2) is 30.6 Å². The van der Waals surface area contributed by atoms with E-state index in [1.807, 2.05) is 48.5 Å². The Morgan fingerprint density at radius 3 is 2.27 bits per heavy atom. The Morgan fingerprint density at radius 1 is 0.911 bits per heavy atom. The smallest absolute Gasteiger partial charge is 0.429 e. The van der Waals surface area contributed by atoms with Crippen LogP contribution >= 0.6 is 15.9 Å². The molecule has 0 spiro atoms. The van der Waals surface area contributed by atoms with Gasteiger partial charge < -0.3 is 25.8 Å². The summed E-state index contributed by atoms with van der Waals surface area (Å²) in [4.78, 5) is 39.1. The molecule has 0 saturated heterocycles. The van der Waals surface area contributed by atoms with Crippen molar-refractivity contribution in [1.82, 2.24) is 5.32 Å². The highest BCUT2D eigenvalue weighted by molar-refractivity contribution is 9.10. The number of anilines is 1. The quantitative estimate of drug-likeness (QED) is 0.0934. The molecule has 0 aromatic heterocycles. The van der Waals surface area contributed by atoms with E-state index in [0.29, 0.717) is 23.9 Å². The number of hydrogen-bond acceptors (Lipinski definition) is 6. The molecule has 0 unspecified atom stereocenters. The molecule has 0 radical (unpaired) electrons. The van der Waals surface area contributed by atoms with E-state index >= 15 is 0 Å². The fourth-order valence-corrected chi connectivity index (χ4v) is 5.93. The van der Waals surface area contributed by atoms with Crippen LogP contribution in [0.1, 0.15) is 68.6 Å². The maximum Gasteiger partial charge on any atom is 0.514 e. The van der Waals surface area contributed by atoms with Crippen molar-refractivity contribution < 1.29 is 23.9 Å². The fraction of sp³-hybridized carbons (Fsp3) is 0.417. The summed E-state index contributed by atoms with van der Waals surface area (Å²) in [5, 5.41) is 6.02. The number of carbonyl (C=O) groups excluding carboxylic acids is 3. The number of ether oxygens (including phenoxy) is 2. The Kier molecular flexibility index (Phi) is 13.5. The summed E-state index contributed by atoms with van der Waals surface area (Å²) >= 11 is 3.43. The average molecular weight is 679 g/mol. The Hall–Kier alpha value is -3.69. The Labute approximate surface area is 274 Å². The lowest BCUT2D eigenvalue weighted by atomic mass is 9.81. The minimum atomic E-state index is -0.816. The van der Waals surface area contributed by atoms with Crippen molar-refractivity contribution in [3.05, 3.63) is 94.0 Å². The predicted octanol–water partition coefficient (Wildman–Crippen LogP) is 7.33. The predicted molar refractivity (Wildman–Crippen MR) is 180 cm³/mol. The number of amides is 2. The van der Waals surface area contributed by atoms with Gasteiger partial charge in [0.1, 0.15) is 18.4 Å². The van der Waals surface area contributed by atoms with Crippen molar-refractivity contribution >= 4 is 39.6 Å². The highest BCUT2D eigenvalue weighted by atomic mass is 79.9. The maximum absolute atomic E-state index is 13.5. The monoisotopic (exact) mass is 677 g/mol. The zero-order valence-corrected chi connectivity index (χ0v) is 27.5. The number of aryl methyl sites for hydroxylation is 1. The van der Waals surface area contributed by atoms with Crippen molar-refractivity contribution in [2.24, 2.45) is 17.6 Å². The lowest BCUT2D eigenvalue weighted by Crippen LogP contribution is -2.48. The van der Waals surface area contributed by atoms with Gasteiger partial charge in [0, 0.05) is 28.1 Å². The Morgan fingerprint density at radius 2 is 1.60 bits per heavy atom. The van der Waals surface area contributed by atoms with E-state index in [0.717, 1.165) is 54.1 Å². The van der Waals surface area contributed by atoms with Crippen LogP contribution in [0.3, 0.4) is 0 Å². The van der Waals surface area contributed by atoms with Crippen LogP contribution in [0.25, 0.3) is 0 Å². The van der Waals surface area contributed by atoms with Crippen molar-refractivity contribution in [2.45, 2.75) is 77.4 Å². The lowest BCUT2D eigenvalue weighted by molar-refractivity contribution is -0.130. The highest BCUT2D eigenvalue weighted by Crippen LogP contribution is 2.28. The summed E-state index contributed by atoms with van der Waals surface area (Å²) < 4.78 is 11.4. The van der Waals surface area contributed by atoms with Gasteiger partial charge in [-0.2, -0.15) is 0 Å². The Balaban J connectivity index is 1.38. The SMILES string of the molecule is CCCCCc1ccc(NC(=O)[C@H](Cc2ccc(OC(=O)OCc3ccccc3Br)cc2)NC(=O)C2CCC(CN)CC2)cc1. The van der Waals surface area contributed by atoms with E-state index in [1.54, 1.807) is 24.3 Å². The summed E-state index contributed by atoms with van der Waals surface area (Å²) in [6.07, 6.45) is 7.35. The van der Waals surface area contributed by atoms with Gasteiger partial charge in [0.2, 0.25) is 11.8 Å². The first-order valence-corrected chi connectivity index (χ1v) is 16.7. The molecule has 0 aliphatic heterocycles. The molecule has 2 amide bonds. The first-order valence-electron chi connectivity index (χ1n) is 15.9. The number of halogens is 1. The van der Waals surface area contributed by atoms with Gasteiger partial charge in [0.05, 0.1) is 0 Å². The maximum atomic E-state index is 13.5. The molecule has 1 fully saturated rings. The van der Waals surface area contributed by atoms with Crippen LogP contribution in [0.4, 0.5) is 10.5 Å². The van der Waals surface area contributed by atoms with E-state index < -0.39 is 12.2 Å². The van der Waals surface area contributed by atoms with Gasteiger partial charge in [0.15, 0.2) is 0 Å². The first-order chi connectivity index (χ1) is 21.8. The molecule has 0 bridgehead atoms. The lowest BCUT2D eigenvalue weighted by Gasteiger charge is -2.28. The van der Waals surface area contributed by atoms with Crippen LogP contribution in [0.2, 0.25) is 0 Å². The van der Waals surface area contributed by atoms with Gasteiger partial charge in [-0.3, -0.25) is 9.59 Å². The number of nitrogens with two attached hydrogens (primary N) is 1. The van der Waals surface area contributed by atoms with Gasteiger partial charge >= 0.3 is 6.16 Å². The minimum absolute atomic E-state index is 0.0737. The van der Waals surface area contributed by atoms with Gasteiger partial charge in [-0.15, -0.1) is 0 Å². The summed E-state index contributed by atoms with van der Waals surface area (Å²) in [7, 11) is 0. The van der Waals surface area contributed by atoms with Crippen molar-refractivity contribution in [3.8, 4) is 5.75 Å². The van der Waals surface area contributed by atoms with Crippen LogP contribution in [0.15, 0.2) is 77.3 Å². The normalized spacial score (nSPS) is 16.8. The minimum Gasteiger partial charge on any atom is -0.429 e. The van der Waals surface area contributed by atoms with Gasteiger partial charge in [-0.1, -0.05) is 78.2 Å². The van der Waals surface area contributed by atoms with Crippen molar-refractivity contribution in [2.75, 3.05) is 11.9 Å². The molecule has 1 atom stereocenters. The van der Waals surface area contributed by atoms with Gasteiger partial charge in [-0.05, 0) is 92.4 Å². The number of hydrogen-bond donors (Lipinski definition) is 3. The Bertz CT molecular complexity index is 1390. The zero-order valence-electron chi connectivity index (χ0n) is 25.9. The number of benzene rings is 3. The van der Waals surface area contributed by atoms with E-state index in [9.17, 15) is 14.4 Å². The first kappa shape index (κ1) is 34.2. The van der Waals surface area contributed by atoms with Crippen LogP contribution in [0, 0.1) is 11.8 Å². The molecule has 4 N–H and O–H groups in total. The van der Waals surface area contributed by atoms with E-state index in [-0.39, 0.29) is 30.8 Å². The highest BCUT2D eigenvalue weighted by Gasteiger charge is 2.29. The number of nitrogens with one attached hydrogen (secondary N) is 2. The fourth-order valence-electron chi connectivity index (χ4n) is 5.53. The van der Waals surface area contributed by atoms with E-state index in [4.69, 9.17) is 15.2 Å². The standard InChI is InChI=1S/C36H44BrN3O5/c1-2-3-4-7-25-12-18-30(19-13-25)39-35(42)33(40-34(41)28-16-10-27(23-38)11-17-28)22-26-14-20-31(21-15-26)45-36(43)44-24-29-8-5-6-9-32(29)37/h5-6,8-9,12-15,18-21,27-28,33H,2-4,7,10-11,16-17,22-24,38H2,1H3,(H,39,42)(H,40,41)/t27?,28?,33-/m0/s1. The molecule has 0 heterocycles. The molecular formula is C36H44BrN3O5. The number of rotatable bonds is 14. The van der Waals surface area contributed by atoms with Crippen LogP contribution in [-0.2, 0) is 33.8 Å².